The van der Waals surface area contributed by atoms with Gasteiger partial charge in [-0.3, -0.25) is 4.98 Å². The molecule has 0 aromatic carbocycles. The van der Waals surface area contributed by atoms with Gasteiger partial charge in [-0.2, -0.15) is 0 Å². The van der Waals surface area contributed by atoms with Crippen molar-refractivity contribution in [3.63, 3.8) is 0 Å². The second-order valence-corrected chi connectivity index (χ2v) is 2.88. The molecule has 0 spiro atoms. The number of rotatable bonds is 0. The lowest BCUT2D eigenvalue weighted by molar-refractivity contribution is 1.07. The Labute approximate surface area is 66.5 Å². The zero-order valence-electron chi connectivity index (χ0n) is 4.81. The molecule has 4 heteroatoms. The lowest BCUT2D eigenvalue weighted by Gasteiger charge is -1.92. The normalized spacial score (nSPS) is 9.56. The minimum absolute atomic E-state index is 0.646. The first-order chi connectivity index (χ1) is 4.20. The summed E-state index contributed by atoms with van der Waals surface area (Å²) in [4.78, 5) is 6.90. The van der Waals surface area contributed by atoms with Crippen molar-refractivity contribution in [2.45, 2.75) is 6.92 Å². The molecule has 0 saturated heterocycles. The van der Waals surface area contributed by atoms with Crippen molar-refractivity contribution in [2.24, 2.45) is 0 Å². The number of aryl methyl sites for hydroxylation is 1. The summed E-state index contributed by atoms with van der Waals surface area (Å²) in [6, 6.07) is 0. The molecule has 0 fully saturated rings. The van der Waals surface area contributed by atoms with Gasteiger partial charge < -0.3 is 4.98 Å². The van der Waals surface area contributed by atoms with Crippen LogP contribution in [-0.4, -0.2) is 9.97 Å². The van der Waals surface area contributed by atoms with E-state index < -0.39 is 0 Å². The summed E-state index contributed by atoms with van der Waals surface area (Å²) in [5.41, 5.74) is 0.920. The van der Waals surface area contributed by atoms with E-state index in [9.17, 15) is 0 Å². The molecule has 1 aromatic heterocycles. The van der Waals surface area contributed by atoms with Crippen LogP contribution in [0.1, 0.15) is 5.69 Å². The van der Waals surface area contributed by atoms with E-state index in [1.54, 1.807) is 6.20 Å². The molecule has 0 saturated carbocycles. The van der Waals surface area contributed by atoms with Crippen LogP contribution in [0.15, 0.2) is 10.8 Å². The topological polar surface area (TPSA) is 28.7 Å². The standard InChI is InChI=1S/C5H5BrN2S/c1-3-5(6)8-4(9)2-7-3/h2H,1H3,(H,8,9). The van der Waals surface area contributed by atoms with Gasteiger partial charge in [0.15, 0.2) is 0 Å². The van der Waals surface area contributed by atoms with E-state index in [1.807, 2.05) is 6.92 Å². The van der Waals surface area contributed by atoms with Crippen molar-refractivity contribution in [3.8, 4) is 0 Å². The Hall–Kier alpha value is -0.220. The van der Waals surface area contributed by atoms with Crippen LogP contribution in [0, 0.1) is 11.6 Å². The maximum absolute atomic E-state index is 4.81. The summed E-state index contributed by atoms with van der Waals surface area (Å²) in [6.45, 7) is 1.90. The molecule has 0 amide bonds. The Kier molecular flexibility index (Phi) is 1.97. The van der Waals surface area contributed by atoms with Crippen molar-refractivity contribution < 1.29 is 0 Å². The molecule has 2 nitrogen and oxygen atoms in total. The number of hydrogen-bond acceptors (Lipinski definition) is 2. The fraction of sp³-hybridized carbons (Fsp3) is 0.200. The lowest BCUT2D eigenvalue weighted by Crippen LogP contribution is -1.85. The number of nitrogens with zero attached hydrogens (tertiary/aromatic N) is 1. The van der Waals surface area contributed by atoms with Crippen LogP contribution >= 0.6 is 28.1 Å². The minimum Gasteiger partial charge on any atom is -0.338 e. The highest BCUT2D eigenvalue weighted by Gasteiger charge is 1.90. The summed E-state index contributed by atoms with van der Waals surface area (Å²) < 4.78 is 1.50. The van der Waals surface area contributed by atoms with Gasteiger partial charge in [0.25, 0.3) is 0 Å². The van der Waals surface area contributed by atoms with E-state index in [-0.39, 0.29) is 0 Å². The lowest BCUT2D eigenvalue weighted by atomic mass is 10.5. The van der Waals surface area contributed by atoms with Crippen molar-refractivity contribution in [3.05, 3.63) is 21.1 Å². The Morgan fingerprint density at radius 1 is 1.78 bits per heavy atom. The van der Waals surface area contributed by atoms with Crippen LogP contribution in [0.2, 0.25) is 0 Å². The summed E-state index contributed by atoms with van der Waals surface area (Å²) in [6.07, 6.45) is 1.62. The molecule has 0 radical (unpaired) electrons. The molecule has 1 aromatic rings. The Bertz CT molecular complexity index is 268. The number of H-pyrrole nitrogens is 1. The highest BCUT2D eigenvalue weighted by molar-refractivity contribution is 9.10. The highest BCUT2D eigenvalue weighted by atomic mass is 79.9. The molecule has 0 bridgehead atoms. The summed E-state index contributed by atoms with van der Waals surface area (Å²) in [5, 5.41) is 0. The number of aromatic nitrogens is 2. The third-order valence-corrected chi connectivity index (χ3v) is 1.91. The Morgan fingerprint density at radius 2 is 2.44 bits per heavy atom. The summed E-state index contributed by atoms with van der Waals surface area (Å²) >= 11 is 8.07. The maximum atomic E-state index is 4.81. The summed E-state index contributed by atoms with van der Waals surface area (Å²) in [7, 11) is 0. The molecular weight excluding hydrogens is 200 g/mol. The number of aromatic amines is 1. The quantitative estimate of drug-likeness (QED) is 0.657. The largest absolute Gasteiger partial charge is 0.338 e. The molecule has 0 atom stereocenters. The van der Waals surface area contributed by atoms with Crippen molar-refractivity contribution in [1.29, 1.82) is 0 Å². The average molecular weight is 205 g/mol. The van der Waals surface area contributed by atoms with Gasteiger partial charge in [-0.25, -0.2) is 0 Å². The van der Waals surface area contributed by atoms with Gasteiger partial charge in [0, 0.05) is 0 Å². The van der Waals surface area contributed by atoms with Gasteiger partial charge >= 0.3 is 0 Å². The van der Waals surface area contributed by atoms with Crippen LogP contribution in [0.3, 0.4) is 0 Å². The summed E-state index contributed by atoms with van der Waals surface area (Å²) in [5.74, 6) is 0. The molecule has 0 aliphatic rings. The van der Waals surface area contributed by atoms with Crippen LogP contribution < -0.4 is 0 Å². The predicted molar refractivity (Wildman–Crippen MR) is 41.9 cm³/mol. The number of hydrogen-bond donors (Lipinski definition) is 1. The second-order valence-electron chi connectivity index (χ2n) is 1.65. The molecule has 1 N–H and O–H groups in total. The van der Waals surface area contributed by atoms with E-state index in [4.69, 9.17) is 12.2 Å². The van der Waals surface area contributed by atoms with Gasteiger partial charge in [0.2, 0.25) is 0 Å². The van der Waals surface area contributed by atoms with E-state index in [0.29, 0.717) is 4.64 Å². The molecule has 9 heavy (non-hydrogen) atoms. The first-order valence-electron chi connectivity index (χ1n) is 2.41. The van der Waals surface area contributed by atoms with Crippen molar-refractivity contribution in [1.82, 2.24) is 9.97 Å². The van der Waals surface area contributed by atoms with E-state index in [2.05, 4.69) is 25.9 Å². The Morgan fingerprint density at radius 3 is 2.89 bits per heavy atom. The molecule has 48 valence electrons. The molecular formula is C5H5BrN2S. The minimum atomic E-state index is 0.646. The average Bonchev–Trinajstić information content (AvgIpc) is 1.80. The molecule has 0 aliphatic heterocycles. The zero-order chi connectivity index (χ0) is 6.85. The van der Waals surface area contributed by atoms with Crippen LogP contribution in [0.4, 0.5) is 0 Å². The third-order valence-electron chi connectivity index (χ3n) is 0.926. The van der Waals surface area contributed by atoms with Gasteiger partial charge in [0.1, 0.15) is 9.24 Å². The van der Waals surface area contributed by atoms with Crippen LogP contribution in [0.5, 0.6) is 0 Å². The smallest absolute Gasteiger partial charge is 0.122 e. The zero-order valence-corrected chi connectivity index (χ0v) is 7.21. The molecule has 1 heterocycles. The monoisotopic (exact) mass is 204 g/mol. The van der Waals surface area contributed by atoms with Gasteiger partial charge in [-0.05, 0) is 22.9 Å². The fourth-order valence-corrected chi connectivity index (χ4v) is 1.04. The second kappa shape index (κ2) is 2.58. The molecule has 1 rings (SSSR count). The number of halogens is 1. The van der Waals surface area contributed by atoms with Gasteiger partial charge in [0.05, 0.1) is 11.9 Å². The SMILES string of the molecule is Cc1ncc(=S)[nH]c1Br. The van der Waals surface area contributed by atoms with Crippen LogP contribution in [-0.2, 0) is 0 Å². The first-order valence-corrected chi connectivity index (χ1v) is 3.61. The van der Waals surface area contributed by atoms with E-state index in [0.717, 1.165) is 10.3 Å². The van der Waals surface area contributed by atoms with Crippen molar-refractivity contribution in [2.75, 3.05) is 0 Å². The van der Waals surface area contributed by atoms with Crippen LogP contribution in [0.25, 0.3) is 0 Å². The molecule has 0 aliphatic carbocycles. The highest BCUT2D eigenvalue weighted by Crippen LogP contribution is 2.07. The third kappa shape index (κ3) is 1.59. The molecule has 0 unspecified atom stereocenters. The fourth-order valence-electron chi connectivity index (χ4n) is 0.443. The van der Waals surface area contributed by atoms with Gasteiger partial charge in [-0.15, -0.1) is 0 Å². The Balaban J connectivity index is 3.34. The van der Waals surface area contributed by atoms with E-state index >= 15 is 0 Å². The van der Waals surface area contributed by atoms with Gasteiger partial charge in [-0.1, -0.05) is 12.2 Å². The van der Waals surface area contributed by atoms with Crippen molar-refractivity contribution >= 4 is 28.1 Å². The predicted octanol–water partition coefficient (Wildman–Crippen LogP) is 2.21. The number of nitrogens with one attached hydrogen (secondary N) is 1. The first kappa shape index (κ1) is 6.89. The maximum Gasteiger partial charge on any atom is 0.122 e. The van der Waals surface area contributed by atoms with E-state index in [1.165, 1.54) is 0 Å².